The summed E-state index contributed by atoms with van der Waals surface area (Å²) in [6, 6.07) is 9.16. The Morgan fingerprint density at radius 3 is 2.14 bits per heavy atom. The summed E-state index contributed by atoms with van der Waals surface area (Å²) in [6.07, 6.45) is -2.13. The fourth-order valence-corrected chi connectivity index (χ4v) is 1.79. The summed E-state index contributed by atoms with van der Waals surface area (Å²) < 4.78 is 36.7. The van der Waals surface area contributed by atoms with Gasteiger partial charge in [-0.3, -0.25) is 9.78 Å². The monoisotopic (exact) mass is 294 g/mol. The maximum Gasteiger partial charge on any atom is 0.393 e. The molecule has 1 aromatic heterocycles. The molecule has 0 fully saturated rings. The minimum absolute atomic E-state index is 0.201. The zero-order valence-corrected chi connectivity index (χ0v) is 11.0. The number of nitrogens with one attached hydrogen (secondary N) is 1. The average molecular weight is 294 g/mol. The summed E-state index contributed by atoms with van der Waals surface area (Å²) in [5, 5.41) is 2.69. The van der Waals surface area contributed by atoms with Crippen LogP contribution in [0.3, 0.4) is 0 Å². The minimum Gasteiger partial charge on any atom is -0.348 e. The largest absolute Gasteiger partial charge is 0.393 e. The van der Waals surface area contributed by atoms with Gasteiger partial charge in [0.05, 0.1) is 6.42 Å². The summed E-state index contributed by atoms with van der Waals surface area (Å²) in [5.74, 6) is -0.253. The Kier molecular flexibility index (Phi) is 4.57. The van der Waals surface area contributed by atoms with Crippen LogP contribution in [0.25, 0.3) is 0 Å². The van der Waals surface area contributed by atoms with E-state index in [1.807, 2.05) is 0 Å². The predicted octanol–water partition coefficient (Wildman–Crippen LogP) is 3.12. The second kappa shape index (κ2) is 6.39. The lowest BCUT2D eigenvalue weighted by atomic mass is 10.1. The molecule has 0 unspecified atom stereocenters. The normalized spacial score (nSPS) is 11.2. The molecule has 1 N–H and O–H groups in total. The van der Waals surface area contributed by atoms with Crippen molar-refractivity contribution in [3.8, 4) is 0 Å². The van der Waals surface area contributed by atoms with Crippen molar-refractivity contribution in [2.75, 3.05) is 0 Å². The van der Waals surface area contributed by atoms with Gasteiger partial charge in [-0.2, -0.15) is 13.2 Å². The molecule has 0 saturated heterocycles. The van der Waals surface area contributed by atoms with Gasteiger partial charge in [-0.1, -0.05) is 24.3 Å². The summed E-state index contributed by atoms with van der Waals surface area (Å²) in [6.45, 7) is 0.257. The van der Waals surface area contributed by atoms with Crippen molar-refractivity contribution in [2.45, 2.75) is 19.1 Å². The smallest absolute Gasteiger partial charge is 0.348 e. The Hall–Kier alpha value is -2.37. The second-order valence-electron chi connectivity index (χ2n) is 4.53. The van der Waals surface area contributed by atoms with Gasteiger partial charge >= 0.3 is 6.18 Å². The summed E-state index contributed by atoms with van der Waals surface area (Å²) >= 11 is 0. The van der Waals surface area contributed by atoms with Crippen LogP contribution in [0.5, 0.6) is 0 Å². The number of benzene rings is 1. The number of hydrogen-bond donors (Lipinski definition) is 1. The van der Waals surface area contributed by atoms with Gasteiger partial charge < -0.3 is 5.32 Å². The molecule has 0 aliphatic heterocycles. The molecule has 0 bridgehead atoms. The summed E-state index contributed by atoms with van der Waals surface area (Å²) in [7, 11) is 0. The molecule has 110 valence electrons. The van der Waals surface area contributed by atoms with E-state index in [2.05, 4.69) is 10.3 Å². The van der Waals surface area contributed by atoms with Crippen molar-refractivity contribution in [3.63, 3.8) is 0 Å². The molecule has 21 heavy (non-hydrogen) atoms. The molecule has 1 amide bonds. The number of alkyl halides is 3. The van der Waals surface area contributed by atoms with Gasteiger partial charge in [0, 0.05) is 24.5 Å². The van der Waals surface area contributed by atoms with Crippen molar-refractivity contribution < 1.29 is 18.0 Å². The first-order valence-electron chi connectivity index (χ1n) is 6.27. The Labute approximate surface area is 119 Å². The number of halogens is 3. The highest BCUT2D eigenvalue weighted by Crippen LogP contribution is 2.21. The highest BCUT2D eigenvalue weighted by molar-refractivity contribution is 5.93. The van der Waals surface area contributed by atoms with E-state index in [0.717, 1.165) is 5.56 Å². The van der Waals surface area contributed by atoms with Crippen molar-refractivity contribution in [1.82, 2.24) is 10.3 Å². The number of amides is 1. The van der Waals surface area contributed by atoms with Crippen LogP contribution in [-0.2, 0) is 13.0 Å². The molecule has 0 aliphatic carbocycles. The quantitative estimate of drug-likeness (QED) is 0.941. The van der Waals surface area contributed by atoms with Crippen molar-refractivity contribution >= 4 is 5.91 Å². The zero-order valence-electron chi connectivity index (χ0n) is 11.0. The highest BCUT2D eigenvalue weighted by Gasteiger charge is 2.27. The molecule has 0 atom stereocenters. The molecule has 2 aromatic rings. The molecular weight excluding hydrogens is 281 g/mol. The Bertz CT molecular complexity index is 595. The third kappa shape index (κ3) is 4.91. The standard InChI is InChI=1S/C15H13F3N2O/c16-15(17,18)9-11-1-3-12(4-2-11)10-20-14(21)13-5-7-19-8-6-13/h1-8H,9-10H2,(H,20,21). The van der Waals surface area contributed by atoms with E-state index in [1.165, 1.54) is 24.5 Å². The van der Waals surface area contributed by atoms with Gasteiger partial charge in [0.15, 0.2) is 0 Å². The number of pyridine rings is 1. The molecule has 0 aliphatic rings. The van der Waals surface area contributed by atoms with Crippen molar-refractivity contribution in [1.29, 1.82) is 0 Å². The SMILES string of the molecule is O=C(NCc1ccc(CC(F)(F)F)cc1)c1ccncc1. The third-order valence-electron chi connectivity index (χ3n) is 2.82. The predicted molar refractivity (Wildman–Crippen MR) is 71.6 cm³/mol. The van der Waals surface area contributed by atoms with Crippen LogP contribution in [0.4, 0.5) is 13.2 Å². The number of carbonyl (C=O) groups is 1. The van der Waals surface area contributed by atoms with Crippen LogP contribution in [0.1, 0.15) is 21.5 Å². The zero-order chi connectivity index (χ0) is 15.3. The van der Waals surface area contributed by atoms with E-state index in [1.54, 1.807) is 24.3 Å². The fraction of sp³-hybridized carbons (Fsp3) is 0.200. The van der Waals surface area contributed by atoms with Crippen LogP contribution < -0.4 is 5.32 Å². The molecule has 2 rings (SSSR count). The molecule has 3 nitrogen and oxygen atoms in total. The van der Waals surface area contributed by atoms with Crippen LogP contribution in [-0.4, -0.2) is 17.1 Å². The van der Waals surface area contributed by atoms with E-state index >= 15 is 0 Å². The van der Waals surface area contributed by atoms with Gasteiger partial charge in [0.25, 0.3) is 5.91 Å². The lowest BCUT2D eigenvalue weighted by molar-refractivity contribution is -0.127. The molecular formula is C15H13F3N2O. The van der Waals surface area contributed by atoms with Crippen LogP contribution in [0.15, 0.2) is 48.8 Å². The average Bonchev–Trinajstić information content (AvgIpc) is 2.45. The van der Waals surface area contributed by atoms with Crippen molar-refractivity contribution in [2.24, 2.45) is 0 Å². The Morgan fingerprint density at radius 2 is 1.57 bits per heavy atom. The number of aromatic nitrogens is 1. The van der Waals surface area contributed by atoms with Crippen molar-refractivity contribution in [3.05, 3.63) is 65.5 Å². The van der Waals surface area contributed by atoms with Crippen LogP contribution in [0, 0.1) is 0 Å². The maximum absolute atomic E-state index is 12.2. The van der Waals surface area contributed by atoms with E-state index in [9.17, 15) is 18.0 Å². The van der Waals surface area contributed by atoms with E-state index < -0.39 is 12.6 Å². The van der Waals surface area contributed by atoms with Gasteiger partial charge in [-0.05, 0) is 23.3 Å². The van der Waals surface area contributed by atoms with Gasteiger partial charge in [0.1, 0.15) is 0 Å². The lowest BCUT2D eigenvalue weighted by Gasteiger charge is -2.08. The van der Waals surface area contributed by atoms with Gasteiger partial charge in [-0.15, -0.1) is 0 Å². The Morgan fingerprint density at radius 1 is 1.00 bits per heavy atom. The van der Waals surface area contributed by atoms with E-state index in [0.29, 0.717) is 5.56 Å². The molecule has 0 spiro atoms. The van der Waals surface area contributed by atoms with Gasteiger partial charge in [0.2, 0.25) is 0 Å². The molecule has 1 aromatic carbocycles. The summed E-state index contributed by atoms with van der Waals surface area (Å²) in [4.78, 5) is 15.6. The first kappa shape index (κ1) is 15.0. The second-order valence-corrected chi connectivity index (χ2v) is 4.53. The topological polar surface area (TPSA) is 42.0 Å². The first-order valence-corrected chi connectivity index (χ1v) is 6.27. The van der Waals surface area contributed by atoms with Crippen LogP contribution in [0.2, 0.25) is 0 Å². The molecule has 1 heterocycles. The Balaban J connectivity index is 1.91. The van der Waals surface area contributed by atoms with Crippen LogP contribution >= 0.6 is 0 Å². The number of rotatable bonds is 4. The molecule has 0 radical (unpaired) electrons. The highest BCUT2D eigenvalue weighted by atomic mass is 19.4. The number of hydrogen-bond acceptors (Lipinski definition) is 2. The summed E-state index contributed by atoms with van der Waals surface area (Å²) in [5.41, 5.74) is 1.42. The number of nitrogens with zero attached hydrogens (tertiary/aromatic N) is 1. The van der Waals surface area contributed by atoms with E-state index in [-0.39, 0.29) is 18.0 Å². The molecule has 6 heteroatoms. The molecule has 0 saturated carbocycles. The fourth-order valence-electron chi connectivity index (χ4n) is 1.79. The third-order valence-corrected chi connectivity index (χ3v) is 2.82. The lowest BCUT2D eigenvalue weighted by Crippen LogP contribution is -2.22. The number of carbonyl (C=O) groups excluding carboxylic acids is 1. The maximum atomic E-state index is 12.2. The minimum atomic E-state index is -4.21. The van der Waals surface area contributed by atoms with Gasteiger partial charge in [-0.25, -0.2) is 0 Å². The van der Waals surface area contributed by atoms with E-state index in [4.69, 9.17) is 0 Å². The first-order chi connectivity index (χ1) is 9.94.